The molecule has 0 aliphatic carbocycles. The molecule has 1 N–H and O–H groups in total. The molecule has 5 rings (SSSR count). The Morgan fingerprint density at radius 3 is 2.53 bits per heavy atom. The maximum absolute atomic E-state index is 13.4. The summed E-state index contributed by atoms with van der Waals surface area (Å²) in [5.74, 6) is 0.204. The molecule has 1 atom stereocenters. The number of nitrogens with zero attached hydrogens (tertiary/aromatic N) is 2. The van der Waals surface area contributed by atoms with Crippen molar-refractivity contribution in [2.75, 3.05) is 39.4 Å². The first-order valence-corrected chi connectivity index (χ1v) is 12.6. The number of Topliss-reactive ketones (excluding diaryl/α,β-unsaturated/α-hetero) is 1. The highest BCUT2D eigenvalue weighted by atomic mass is 16.6. The number of benzene rings is 2. The van der Waals surface area contributed by atoms with Gasteiger partial charge in [-0.15, -0.1) is 0 Å². The third-order valence-corrected chi connectivity index (χ3v) is 6.76. The molecule has 0 bridgehead atoms. The summed E-state index contributed by atoms with van der Waals surface area (Å²) in [6.45, 7) is 7.79. The van der Waals surface area contributed by atoms with E-state index in [4.69, 9.17) is 14.2 Å². The molecule has 0 radical (unpaired) electrons. The van der Waals surface area contributed by atoms with Gasteiger partial charge in [0.15, 0.2) is 11.5 Å². The Labute approximate surface area is 211 Å². The minimum absolute atomic E-state index is 0.0282. The molecule has 2 aromatic carbocycles. The maximum Gasteiger partial charge on any atom is 0.295 e. The van der Waals surface area contributed by atoms with Crippen LogP contribution in [0, 0.1) is 0 Å². The Kier molecular flexibility index (Phi) is 6.87. The van der Waals surface area contributed by atoms with Gasteiger partial charge >= 0.3 is 0 Å². The Morgan fingerprint density at radius 2 is 1.78 bits per heavy atom. The van der Waals surface area contributed by atoms with Crippen LogP contribution >= 0.6 is 0 Å². The van der Waals surface area contributed by atoms with E-state index in [2.05, 4.69) is 4.90 Å². The second-order valence-electron chi connectivity index (χ2n) is 9.64. The van der Waals surface area contributed by atoms with Crippen molar-refractivity contribution in [2.45, 2.75) is 38.8 Å². The van der Waals surface area contributed by atoms with Crippen molar-refractivity contribution in [3.8, 4) is 17.2 Å². The number of aliphatic hydroxyl groups is 1. The van der Waals surface area contributed by atoms with E-state index in [-0.39, 0.29) is 17.4 Å². The number of ether oxygens (including phenoxy) is 3. The molecule has 8 nitrogen and oxygen atoms in total. The summed E-state index contributed by atoms with van der Waals surface area (Å²) in [7, 11) is 0. The van der Waals surface area contributed by atoms with Crippen LogP contribution in [-0.2, 0) is 9.59 Å². The first kappa shape index (κ1) is 24.2. The average molecular weight is 493 g/mol. The average Bonchev–Trinajstić information content (AvgIpc) is 3.48. The van der Waals surface area contributed by atoms with Crippen molar-refractivity contribution in [2.24, 2.45) is 0 Å². The smallest absolute Gasteiger partial charge is 0.295 e. The summed E-state index contributed by atoms with van der Waals surface area (Å²) in [6.07, 6.45) is 2.25. The van der Waals surface area contributed by atoms with E-state index in [1.165, 1.54) is 0 Å². The molecule has 8 heteroatoms. The van der Waals surface area contributed by atoms with Gasteiger partial charge < -0.3 is 29.1 Å². The van der Waals surface area contributed by atoms with Crippen LogP contribution in [0.1, 0.15) is 43.9 Å². The molecule has 2 aromatic rings. The number of likely N-dealkylation sites (tertiary alicyclic amines) is 2. The SMILES string of the molecule is CC(C)Oc1cccc(C2/C(=C(\O)c3ccc4c(c3)OCCO4)C(=O)C(=O)N2CCN2CCCC2)c1. The van der Waals surface area contributed by atoms with Crippen molar-refractivity contribution in [1.29, 1.82) is 0 Å². The third kappa shape index (κ3) is 4.78. The molecule has 3 heterocycles. The highest BCUT2D eigenvalue weighted by Crippen LogP contribution is 2.41. The number of hydrogen-bond donors (Lipinski definition) is 1. The monoisotopic (exact) mass is 492 g/mol. The predicted molar refractivity (Wildman–Crippen MR) is 134 cm³/mol. The summed E-state index contributed by atoms with van der Waals surface area (Å²) in [5, 5.41) is 11.4. The summed E-state index contributed by atoms with van der Waals surface area (Å²) in [5.41, 5.74) is 1.18. The van der Waals surface area contributed by atoms with Crippen molar-refractivity contribution in [3.63, 3.8) is 0 Å². The fraction of sp³-hybridized carbons (Fsp3) is 0.429. The second-order valence-corrected chi connectivity index (χ2v) is 9.64. The number of rotatable bonds is 7. The second kappa shape index (κ2) is 10.2. The third-order valence-electron chi connectivity index (χ3n) is 6.76. The van der Waals surface area contributed by atoms with Gasteiger partial charge in [-0.3, -0.25) is 9.59 Å². The van der Waals surface area contributed by atoms with Crippen molar-refractivity contribution in [1.82, 2.24) is 9.80 Å². The van der Waals surface area contributed by atoms with E-state index < -0.39 is 17.7 Å². The van der Waals surface area contributed by atoms with Gasteiger partial charge in [0, 0.05) is 18.7 Å². The van der Waals surface area contributed by atoms with Crippen LogP contribution in [0.15, 0.2) is 48.0 Å². The quantitative estimate of drug-likeness (QED) is 0.358. The van der Waals surface area contributed by atoms with E-state index in [0.717, 1.165) is 25.9 Å². The molecule has 190 valence electrons. The van der Waals surface area contributed by atoms with Gasteiger partial charge in [-0.05, 0) is 75.7 Å². The number of aliphatic hydroxyl groups excluding tert-OH is 1. The summed E-state index contributed by atoms with van der Waals surface area (Å²) >= 11 is 0. The molecule has 2 saturated heterocycles. The summed E-state index contributed by atoms with van der Waals surface area (Å²) in [6, 6.07) is 11.7. The summed E-state index contributed by atoms with van der Waals surface area (Å²) < 4.78 is 17.1. The van der Waals surface area contributed by atoms with E-state index in [1.807, 2.05) is 38.1 Å². The molecule has 2 fully saturated rings. The molecule has 0 saturated carbocycles. The van der Waals surface area contributed by atoms with Gasteiger partial charge in [0.05, 0.1) is 17.7 Å². The van der Waals surface area contributed by atoms with Crippen molar-refractivity contribution < 1.29 is 28.9 Å². The standard InChI is InChI=1S/C28H32N2O6/c1-18(2)36-21-7-5-6-19(16-21)25-24(26(31)20-8-9-22-23(17-20)35-15-14-34-22)27(32)28(33)30(25)13-12-29-10-3-4-11-29/h5-9,16-18,25,31H,3-4,10-15H2,1-2H3/b26-24+. The molecular weight excluding hydrogens is 460 g/mol. The molecule has 0 aromatic heterocycles. The Morgan fingerprint density at radius 1 is 1.03 bits per heavy atom. The highest BCUT2D eigenvalue weighted by molar-refractivity contribution is 6.46. The Hall–Kier alpha value is -3.52. The lowest BCUT2D eigenvalue weighted by atomic mass is 9.95. The Balaban J connectivity index is 1.56. The molecule has 3 aliphatic heterocycles. The van der Waals surface area contributed by atoms with Gasteiger partial charge in [-0.25, -0.2) is 0 Å². The van der Waals surface area contributed by atoms with E-state index >= 15 is 0 Å². The van der Waals surface area contributed by atoms with Crippen LogP contribution < -0.4 is 14.2 Å². The predicted octanol–water partition coefficient (Wildman–Crippen LogP) is 3.76. The van der Waals surface area contributed by atoms with Crippen LogP contribution in [0.5, 0.6) is 17.2 Å². The number of carbonyl (C=O) groups is 2. The first-order valence-electron chi connectivity index (χ1n) is 12.6. The van der Waals surface area contributed by atoms with Crippen LogP contribution in [0.4, 0.5) is 0 Å². The molecule has 3 aliphatic rings. The number of ketones is 1. The van der Waals surface area contributed by atoms with Gasteiger partial charge in [-0.2, -0.15) is 0 Å². The zero-order chi connectivity index (χ0) is 25.2. The van der Waals surface area contributed by atoms with Gasteiger partial charge in [0.25, 0.3) is 11.7 Å². The molecule has 1 unspecified atom stereocenters. The first-order chi connectivity index (χ1) is 17.4. The van der Waals surface area contributed by atoms with Gasteiger partial charge in [0.2, 0.25) is 0 Å². The minimum Gasteiger partial charge on any atom is -0.507 e. The molecular formula is C28H32N2O6. The number of carbonyl (C=O) groups excluding carboxylic acids is 2. The van der Waals surface area contributed by atoms with E-state index in [9.17, 15) is 14.7 Å². The van der Waals surface area contributed by atoms with Crippen LogP contribution in [0.3, 0.4) is 0 Å². The normalized spacial score (nSPS) is 21.4. The minimum atomic E-state index is -0.725. The van der Waals surface area contributed by atoms with Crippen molar-refractivity contribution >= 4 is 17.4 Å². The summed E-state index contributed by atoms with van der Waals surface area (Å²) in [4.78, 5) is 30.5. The van der Waals surface area contributed by atoms with Gasteiger partial charge in [-0.1, -0.05) is 12.1 Å². The Bertz CT molecular complexity index is 1180. The number of hydrogen-bond acceptors (Lipinski definition) is 7. The van der Waals surface area contributed by atoms with Crippen LogP contribution in [0.25, 0.3) is 5.76 Å². The number of amides is 1. The largest absolute Gasteiger partial charge is 0.507 e. The lowest BCUT2D eigenvalue weighted by Crippen LogP contribution is -2.37. The fourth-order valence-electron chi connectivity index (χ4n) is 5.09. The van der Waals surface area contributed by atoms with E-state index in [0.29, 0.717) is 54.7 Å². The van der Waals surface area contributed by atoms with Crippen LogP contribution in [0.2, 0.25) is 0 Å². The highest BCUT2D eigenvalue weighted by Gasteiger charge is 2.46. The van der Waals surface area contributed by atoms with Crippen LogP contribution in [-0.4, -0.2) is 72.1 Å². The zero-order valence-corrected chi connectivity index (χ0v) is 20.7. The van der Waals surface area contributed by atoms with Crippen molar-refractivity contribution in [3.05, 3.63) is 59.2 Å². The van der Waals surface area contributed by atoms with Gasteiger partial charge in [0.1, 0.15) is 24.7 Å². The molecule has 0 spiro atoms. The maximum atomic E-state index is 13.4. The number of fused-ring (bicyclic) bond motifs is 1. The topological polar surface area (TPSA) is 88.5 Å². The molecule has 36 heavy (non-hydrogen) atoms. The lowest BCUT2D eigenvalue weighted by Gasteiger charge is -2.28. The zero-order valence-electron chi connectivity index (χ0n) is 20.7. The fourth-order valence-corrected chi connectivity index (χ4v) is 5.09. The van der Waals surface area contributed by atoms with E-state index in [1.54, 1.807) is 23.1 Å². The lowest BCUT2D eigenvalue weighted by molar-refractivity contribution is -0.140. The molecule has 1 amide bonds.